The van der Waals surface area contributed by atoms with Crippen LogP contribution in [0.3, 0.4) is 0 Å². The van der Waals surface area contributed by atoms with Crippen LogP contribution >= 0.6 is 0 Å². The molecule has 0 aliphatic heterocycles. The zero-order valence-electron chi connectivity index (χ0n) is 12.7. The van der Waals surface area contributed by atoms with Crippen molar-refractivity contribution in [2.75, 3.05) is 5.32 Å². The van der Waals surface area contributed by atoms with E-state index in [0.717, 1.165) is 16.9 Å². The first kappa shape index (κ1) is 14.2. The van der Waals surface area contributed by atoms with Gasteiger partial charge in [-0.25, -0.2) is 4.98 Å². The van der Waals surface area contributed by atoms with Gasteiger partial charge in [0.05, 0.1) is 11.9 Å². The van der Waals surface area contributed by atoms with Crippen LogP contribution in [-0.4, -0.2) is 25.5 Å². The summed E-state index contributed by atoms with van der Waals surface area (Å²) >= 11 is 0. The van der Waals surface area contributed by atoms with Crippen LogP contribution in [0.4, 0.5) is 5.69 Å². The summed E-state index contributed by atoms with van der Waals surface area (Å²) in [6.07, 6.45) is 5.29. The molecule has 0 atom stereocenters. The van der Waals surface area contributed by atoms with Crippen molar-refractivity contribution in [3.8, 4) is 11.3 Å². The molecule has 0 spiro atoms. The fourth-order valence-electron chi connectivity index (χ4n) is 1.97. The highest BCUT2D eigenvalue weighted by Gasteiger charge is 2.21. The standard InChI is InChI=1S/C16H17N5O/c1-16(2,3)14(22)18-12-6-4-5-11(9-12)13-10-21-8-7-17-20-15(21)19-13/h4-10H,1-3H3,(H,18,22). The van der Waals surface area contributed by atoms with E-state index in [1.165, 1.54) is 0 Å². The van der Waals surface area contributed by atoms with E-state index in [4.69, 9.17) is 0 Å². The fraction of sp³-hybridized carbons (Fsp3) is 0.250. The van der Waals surface area contributed by atoms with Crippen LogP contribution < -0.4 is 5.32 Å². The summed E-state index contributed by atoms with van der Waals surface area (Å²) in [5, 5.41) is 10.7. The Morgan fingerprint density at radius 1 is 1.27 bits per heavy atom. The van der Waals surface area contributed by atoms with Crippen LogP contribution in [0.25, 0.3) is 17.0 Å². The lowest BCUT2D eigenvalue weighted by Crippen LogP contribution is -2.27. The molecule has 6 nitrogen and oxygen atoms in total. The quantitative estimate of drug-likeness (QED) is 0.789. The minimum atomic E-state index is -0.436. The molecule has 112 valence electrons. The molecule has 6 heteroatoms. The summed E-state index contributed by atoms with van der Waals surface area (Å²) in [6.45, 7) is 5.65. The number of carbonyl (C=O) groups is 1. The Bertz CT molecular complexity index is 799. The van der Waals surface area contributed by atoms with E-state index in [1.807, 2.05) is 55.6 Å². The first-order valence-corrected chi connectivity index (χ1v) is 7.02. The highest BCUT2D eigenvalue weighted by atomic mass is 16.2. The molecule has 3 aromatic rings. The van der Waals surface area contributed by atoms with E-state index < -0.39 is 5.41 Å². The van der Waals surface area contributed by atoms with Crippen LogP contribution in [0.1, 0.15) is 20.8 Å². The van der Waals surface area contributed by atoms with Crippen LogP contribution in [-0.2, 0) is 4.79 Å². The summed E-state index contributed by atoms with van der Waals surface area (Å²) in [4.78, 5) is 16.5. The van der Waals surface area contributed by atoms with Gasteiger partial charge in [-0.15, -0.1) is 5.10 Å². The lowest BCUT2D eigenvalue weighted by atomic mass is 9.95. The second-order valence-corrected chi connectivity index (χ2v) is 6.13. The van der Waals surface area contributed by atoms with Gasteiger partial charge in [0.25, 0.3) is 5.78 Å². The molecule has 22 heavy (non-hydrogen) atoms. The van der Waals surface area contributed by atoms with Crippen LogP contribution in [0, 0.1) is 5.41 Å². The third kappa shape index (κ3) is 2.81. The van der Waals surface area contributed by atoms with Crippen LogP contribution in [0.5, 0.6) is 0 Å². The van der Waals surface area contributed by atoms with Crippen molar-refractivity contribution in [2.24, 2.45) is 5.41 Å². The maximum atomic E-state index is 12.1. The number of imidazole rings is 1. The fourth-order valence-corrected chi connectivity index (χ4v) is 1.97. The molecular weight excluding hydrogens is 278 g/mol. The number of carbonyl (C=O) groups excluding carboxylic acids is 1. The molecule has 0 radical (unpaired) electrons. The Labute approximate surface area is 128 Å². The van der Waals surface area contributed by atoms with Crippen molar-refractivity contribution < 1.29 is 4.79 Å². The third-order valence-corrected chi connectivity index (χ3v) is 3.25. The number of benzene rings is 1. The zero-order valence-corrected chi connectivity index (χ0v) is 12.7. The summed E-state index contributed by atoms with van der Waals surface area (Å²) in [5.41, 5.74) is 2.01. The number of anilines is 1. The highest BCUT2D eigenvalue weighted by molar-refractivity contribution is 5.95. The predicted octanol–water partition coefficient (Wildman–Crippen LogP) is 2.78. The van der Waals surface area contributed by atoms with Crippen molar-refractivity contribution >= 4 is 17.4 Å². The van der Waals surface area contributed by atoms with E-state index in [0.29, 0.717) is 5.78 Å². The second-order valence-electron chi connectivity index (χ2n) is 6.13. The molecule has 0 bridgehead atoms. The van der Waals surface area contributed by atoms with Gasteiger partial charge in [-0.3, -0.25) is 9.20 Å². The topological polar surface area (TPSA) is 72.2 Å². The number of nitrogens with one attached hydrogen (secondary N) is 1. The molecule has 0 fully saturated rings. The van der Waals surface area contributed by atoms with Crippen molar-refractivity contribution in [3.63, 3.8) is 0 Å². The average Bonchev–Trinajstić information content (AvgIpc) is 2.90. The van der Waals surface area contributed by atoms with Gasteiger partial charge in [0, 0.05) is 29.1 Å². The van der Waals surface area contributed by atoms with Gasteiger partial charge in [-0.1, -0.05) is 32.9 Å². The van der Waals surface area contributed by atoms with E-state index in [9.17, 15) is 4.79 Å². The van der Waals surface area contributed by atoms with Gasteiger partial charge in [-0.2, -0.15) is 5.10 Å². The highest BCUT2D eigenvalue weighted by Crippen LogP contribution is 2.23. The molecule has 0 saturated heterocycles. The van der Waals surface area contributed by atoms with Crippen molar-refractivity contribution in [3.05, 3.63) is 42.9 Å². The summed E-state index contributed by atoms with van der Waals surface area (Å²) in [7, 11) is 0. The van der Waals surface area contributed by atoms with E-state index in [-0.39, 0.29) is 5.91 Å². The Hall–Kier alpha value is -2.76. The number of fused-ring (bicyclic) bond motifs is 1. The van der Waals surface area contributed by atoms with Gasteiger partial charge in [0.1, 0.15) is 0 Å². The third-order valence-electron chi connectivity index (χ3n) is 3.25. The second kappa shape index (κ2) is 5.22. The van der Waals surface area contributed by atoms with Gasteiger partial charge >= 0.3 is 0 Å². The molecule has 1 amide bonds. The van der Waals surface area contributed by atoms with Crippen LogP contribution in [0.2, 0.25) is 0 Å². The van der Waals surface area contributed by atoms with Crippen molar-refractivity contribution in [1.29, 1.82) is 0 Å². The summed E-state index contributed by atoms with van der Waals surface area (Å²) < 4.78 is 1.81. The minimum absolute atomic E-state index is 0.0227. The van der Waals surface area contributed by atoms with Gasteiger partial charge in [-0.05, 0) is 12.1 Å². The summed E-state index contributed by atoms with van der Waals surface area (Å²) in [6, 6.07) is 7.60. The Balaban J connectivity index is 1.92. The van der Waals surface area contributed by atoms with Crippen LogP contribution in [0.15, 0.2) is 42.9 Å². The normalized spacial score (nSPS) is 11.6. The Morgan fingerprint density at radius 2 is 2.09 bits per heavy atom. The molecule has 1 aromatic carbocycles. The molecule has 0 aliphatic rings. The number of amides is 1. The lowest BCUT2D eigenvalue weighted by Gasteiger charge is -2.17. The first-order valence-electron chi connectivity index (χ1n) is 7.02. The molecular formula is C16H17N5O. The van der Waals surface area contributed by atoms with E-state index >= 15 is 0 Å². The molecule has 0 saturated carbocycles. The molecule has 2 aromatic heterocycles. The van der Waals surface area contributed by atoms with Crippen molar-refractivity contribution in [1.82, 2.24) is 19.6 Å². The molecule has 2 heterocycles. The monoisotopic (exact) mass is 295 g/mol. The Morgan fingerprint density at radius 3 is 2.82 bits per heavy atom. The number of aromatic nitrogens is 4. The number of nitrogens with zero attached hydrogens (tertiary/aromatic N) is 4. The predicted molar refractivity (Wildman–Crippen MR) is 84.3 cm³/mol. The van der Waals surface area contributed by atoms with E-state index in [2.05, 4.69) is 20.5 Å². The zero-order chi connectivity index (χ0) is 15.7. The number of hydrogen-bond donors (Lipinski definition) is 1. The van der Waals surface area contributed by atoms with Gasteiger partial charge < -0.3 is 5.32 Å². The molecule has 0 unspecified atom stereocenters. The Kier molecular flexibility index (Phi) is 3.36. The number of rotatable bonds is 2. The smallest absolute Gasteiger partial charge is 0.254 e. The molecule has 1 N–H and O–H groups in total. The average molecular weight is 295 g/mol. The summed E-state index contributed by atoms with van der Waals surface area (Å²) in [5.74, 6) is 0.521. The maximum Gasteiger partial charge on any atom is 0.254 e. The largest absolute Gasteiger partial charge is 0.326 e. The maximum absolute atomic E-state index is 12.1. The lowest BCUT2D eigenvalue weighted by molar-refractivity contribution is -0.123. The SMILES string of the molecule is CC(C)(C)C(=O)Nc1cccc(-c2cn3ccnnc3n2)c1. The van der Waals surface area contributed by atoms with Gasteiger partial charge in [0.2, 0.25) is 5.91 Å². The van der Waals surface area contributed by atoms with Gasteiger partial charge in [0.15, 0.2) is 0 Å². The first-order chi connectivity index (χ1) is 10.4. The molecule has 3 rings (SSSR count). The van der Waals surface area contributed by atoms with Crippen molar-refractivity contribution in [2.45, 2.75) is 20.8 Å². The minimum Gasteiger partial charge on any atom is -0.326 e. The van der Waals surface area contributed by atoms with E-state index in [1.54, 1.807) is 12.4 Å². The molecule has 0 aliphatic carbocycles. The number of hydrogen-bond acceptors (Lipinski definition) is 4.